The highest BCUT2D eigenvalue weighted by atomic mass is 35.5. The topological polar surface area (TPSA) is 83.6 Å². The summed E-state index contributed by atoms with van der Waals surface area (Å²) < 4.78 is 25.1. The van der Waals surface area contributed by atoms with Crippen LogP contribution in [0.2, 0.25) is 5.02 Å². The Morgan fingerprint density at radius 2 is 1.68 bits per heavy atom. The molecule has 2 aromatic rings. The molecule has 0 heterocycles. The minimum absolute atomic E-state index is 0.131. The molecular formula is C17H17ClN2O4S. The summed E-state index contributed by atoms with van der Waals surface area (Å²) >= 11 is 5.98. The van der Waals surface area contributed by atoms with Crippen LogP contribution in [0.3, 0.4) is 0 Å². The van der Waals surface area contributed by atoms with Gasteiger partial charge >= 0.3 is 0 Å². The molecule has 8 heteroatoms. The summed E-state index contributed by atoms with van der Waals surface area (Å²) in [6.07, 6.45) is 1.01. The lowest BCUT2D eigenvalue weighted by Crippen LogP contribution is -2.37. The molecule has 0 fully saturated rings. The van der Waals surface area contributed by atoms with Gasteiger partial charge in [-0.05, 0) is 43.3 Å². The van der Waals surface area contributed by atoms with E-state index in [4.69, 9.17) is 11.6 Å². The zero-order valence-corrected chi connectivity index (χ0v) is 15.3. The Kier molecular flexibility index (Phi) is 5.81. The van der Waals surface area contributed by atoms with E-state index in [0.29, 0.717) is 22.0 Å². The quantitative estimate of drug-likeness (QED) is 0.781. The van der Waals surface area contributed by atoms with Gasteiger partial charge in [-0.1, -0.05) is 23.7 Å². The number of ketones is 1. The van der Waals surface area contributed by atoms with E-state index in [0.717, 1.165) is 10.6 Å². The van der Waals surface area contributed by atoms with Crippen LogP contribution in [0, 0.1) is 0 Å². The minimum Gasteiger partial charge on any atom is -0.323 e. The monoisotopic (exact) mass is 380 g/mol. The highest BCUT2D eigenvalue weighted by molar-refractivity contribution is 7.92. The number of hydrogen-bond donors (Lipinski definition) is 1. The predicted molar refractivity (Wildman–Crippen MR) is 98.7 cm³/mol. The maximum Gasteiger partial charge on any atom is 0.245 e. The molecule has 2 aromatic carbocycles. The van der Waals surface area contributed by atoms with Crippen LogP contribution in [-0.2, 0) is 14.8 Å². The first kappa shape index (κ1) is 19.0. The largest absolute Gasteiger partial charge is 0.323 e. The van der Waals surface area contributed by atoms with E-state index in [9.17, 15) is 18.0 Å². The van der Waals surface area contributed by atoms with Crippen LogP contribution in [0.15, 0.2) is 48.5 Å². The Balaban J connectivity index is 2.22. The first-order valence-electron chi connectivity index (χ1n) is 7.31. The van der Waals surface area contributed by atoms with Crippen molar-refractivity contribution >= 4 is 44.7 Å². The lowest BCUT2D eigenvalue weighted by atomic mass is 10.1. The van der Waals surface area contributed by atoms with Gasteiger partial charge in [0.2, 0.25) is 15.9 Å². The maximum absolute atomic E-state index is 12.2. The van der Waals surface area contributed by atoms with Crippen LogP contribution in [0.5, 0.6) is 0 Å². The van der Waals surface area contributed by atoms with Crippen LogP contribution in [0.4, 0.5) is 11.4 Å². The van der Waals surface area contributed by atoms with Crippen LogP contribution in [-0.4, -0.2) is 32.9 Å². The Hall–Kier alpha value is -2.38. The molecule has 0 aromatic heterocycles. The standard InChI is InChI=1S/C17H17ClN2O4S/c1-12(21)13-7-9-14(10-8-13)20(25(2,23)24)11-17(22)19-16-6-4-3-5-15(16)18/h3-10H,11H2,1-2H3,(H,19,22). The number of para-hydroxylation sites is 1. The summed E-state index contributed by atoms with van der Waals surface area (Å²) in [6.45, 7) is 1.00. The number of carbonyl (C=O) groups is 2. The molecular weight excluding hydrogens is 364 g/mol. The molecule has 0 aliphatic carbocycles. The third-order valence-electron chi connectivity index (χ3n) is 3.40. The summed E-state index contributed by atoms with van der Waals surface area (Å²) in [5.74, 6) is -0.664. The van der Waals surface area contributed by atoms with Gasteiger partial charge < -0.3 is 5.32 Å². The first-order valence-corrected chi connectivity index (χ1v) is 9.54. The molecule has 0 bridgehead atoms. The Morgan fingerprint density at radius 3 is 2.20 bits per heavy atom. The molecule has 0 radical (unpaired) electrons. The lowest BCUT2D eigenvalue weighted by molar-refractivity contribution is -0.114. The number of anilines is 2. The number of halogens is 1. The Morgan fingerprint density at radius 1 is 1.08 bits per heavy atom. The van der Waals surface area contributed by atoms with Crippen molar-refractivity contribution in [2.24, 2.45) is 0 Å². The van der Waals surface area contributed by atoms with E-state index < -0.39 is 22.5 Å². The van der Waals surface area contributed by atoms with E-state index in [-0.39, 0.29) is 5.78 Å². The van der Waals surface area contributed by atoms with Crippen molar-refractivity contribution in [2.75, 3.05) is 22.4 Å². The molecule has 0 saturated heterocycles. The number of hydrogen-bond acceptors (Lipinski definition) is 4. The molecule has 25 heavy (non-hydrogen) atoms. The second-order valence-corrected chi connectivity index (χ2v) is 7.71. The number of nitrogens with one attached hydrogen (secondary N) is 1. The van der Waals surface area contributed by atoms with E-state index in [2.05, 4.69) is 5.32 Å². The molecule has 0 unspecified atom stereocenters. The fourth-order valence-electron chi connectivity index (χ4n) is 2.15. The average molecular weight is 381 g/mol. The highest BCUT2D eigenvalue weighted by Gasteiger charge is 2.21. The van der Waals surface area contributed by atoms with Gasteiger partial charge in [0.1, 0.15) is 6.54 Å². The van der Waals surface area contributed by atoms with Crippen molar-refractivity contribution < 1.29 is 18.0 Å². The van der Waals surface area contributed by atoms with Crippen LogP contribution in [0.1, 0.15) is 17.3 Å². The van der Waals surface area contributed by atoms with Crippen molar-refractivity contribution in [1.82, 2.24) is 0 Å². The molecule has 0 atom stereocenters. The number of benzene rings is 2. The molecule has 1 amide bonds. The van der Waals surface area contributed by atoms with Gasteiger partial charge in [0.25, 0.3) is 0 Å². The zero-order chi connectivity index (χ0) is 18.6. The number of sulfonamides is 1. The SMILES string of the molecule is CC(=O)c1ccc(N(CC(=O)Nc2ccccc2Cl)S(C)(=O)=O)cc1. The molecule has 6 nitrogen and oxygen atoms in total. The van der Waals surface area contributed by atoms with Gasteiger partial charge in [0, 0.05) is 5.56 Å². The van der Waals surface area contributed by atoms with E-state index in [1.165, 1.54) is 31.2 Å². The minimum atomic E-state index is -3.69. The molecule has 0 saturated carbocycles. The number of carbonyl (C=O) groups excluding carboxylic acids is 2. The Labute approximate surface area is 151 Å². The number of nitrogens with zero attached hydrogens (tertiary/aromatic N) is 1. The second kappa shape index (κ2) is 7.67. The third-order valence-corrected chi connectivity index (χ3v) is 4.87. The molecule has 1 N–H and O–H groups in total. The second-order valence-electron chi connectivity index (χ2n) is 5.40. The van der Waals surface area contributed by atoms with Gasteiger partial charge in [-0.2, -0.15) is 0 Å². The van der Waals surface area contributed by atoms with Gasteiger partial charge in [0.15, 0.2) is 5.78 Å². The van der Waals surface area contributed by atoms with Gasteiger partial charge in [-0.25, -0.2) is 8.42 Å². The lowest BCUT2D eigenvalue weighted by Gasteiger charge is -2.22. The van der Waals surface area contributed by atoms with Gasteiger partial charge in [-0.15, -0.1) is 0 Å². The van der Waals surface area contributed by atoms with Gasteiger partial charge in [0.05, 0.1) is 22.7 Å². The number of Topliss-reactive ketones (excluding diaryl/α,β-unsaturated/α-hetero) is 1. The van der Waals surface area contributed by atoms with E-state index >= 15 is 0 Å². The number of rotatable bonds is 6. The summed E-state index contributed by atoms with van der Waals surface area (Å²) in [6, 6.07) is 12.7. The average Bonchev–Trinajstić information content (AvgIpc) is 2.54. The summed E-state index contributed by atoms with van der Waals surface area (Å²) in [7, 11) is -3.69. The smallest absolute Gasteiger partial charge is 0.245 e. The van der Waals surface area contributed by atoms with Crippen molar-refractivity contribution in [2.45, 2.75) is 6.92 Å². The fourth-order valence-corrected chi connectivity index (χ4v) is 3.18. The third kappa shape index (κ3) is 5.04. The highest BCUT2D eigenvalue weighted by Crippen LogP contribution is 2.22. The van der Waals surface area contributed by atoms with Crippen LogP contribution < -0.4 is 9.62 Å². The van der Waals surface area contributed by atoms with Gasteiger partial charge in [-0.3, -0.25) is 13.9 Å². The molecule has 2 rings (SSSR count). The van der Waals surface area contributed by atoms with Crippen molar-refractivity contribution in [3.8, 4) is 0 Å². The number of amides is 1. The maximum atomic E-state index is 12.2. The Bertz CT molecular complexity index is 895. The van der Waals surface area contributed by atoms with E-state index in [1.807, 2.05) is 0 Å². The summed E-state index contributed by atoms with van der Waals surface area (Å²) in [4.78, 5) is 23.6. The normalized spacial score (nSPS) is 11.0. The molecule has 0 aliphatic rings. The van der Waals surface area contributed by atoms with Crippen molar-refractivity contribution in [3.63, 3.8) is 0 Å². The molecule has 132 valence electrons. The fraction of sp³-hybridized carbons (Fsp3) is 0.176. The predicted octanol–water partition coefficient (Wildman–Crippen LogP) is 2.95. The molecule has 0 spiro atoms. The van der Waals surface area contributed by atoms with Crippen LogP contribution >= 0.6 is 11.6 Å². The first-order chi connectivity index (χ1) is 11.7. The summed E-state index contributed by atoms with van der Waals surface area (Å²) in [5.41, 5.74) is 1.15. The van der Waals surface area contributed by atoms with E-state index in [1.54, 1.807) is 24.3 Å². The van der Waals surface area contributed by atoms with Crippen molar-refractivity contribution in [3.05, 3.63) is 59.1 Å². The summed E-state index contributed by atoms with van der Waals surface area (Å²) in [5, 5.41) is 2.94. The molecule has 0 aliphatic heterocycles. The zero-order valence-electron chi connectivity index (χ0n) is 13.7. The van der Waals surface area contributed by atoms with Crippen molar-refractivity contribution in [1.29, 1.82) is 0 Å². The van der Waals surface area contributed by atoms with Crippen LogP contribution in [0.25, 0.3) is 0 Å².